The SMILES string of the molecule is CC1(C[C]2=C(S)C=[C](Cl)[In]2)CC1C(N)=O.O=[S-](=O)c1ccccc1. The summed E-state index contributed by atoms with van der Waals surface area (Å²) in [5, 5.41) is 0. The van der Waals surface area contributed by atoms with Crippen molar-refractivity contribution in [2.45, 2.75) is 24.7 Å². The van der Waals surface area contributed by atoms with Gasteiger partial charge in [-0.1, -0.05) is 35.2 Å². The number of primary amides is 1. The summed E-state index contributed by atoms with van der Waals surface area (Å²) in [6, 6.07) is 8.23. The number of thiol groups is 1. The van der Waals surface area contributed by atoms with E-state index in [1.165, 1.54) is 3.33 Å². The summed E-state index contributed by atoms with van der Waals surface area (Å²) in [4.78, 5) is 12.4. The Morgan fingerprint density at radius 3 is 2.42 bits per heavy atom. The molecule has 24 heavy (non-hydrogen) atoms. The van der Waals surface area contributed by atoms with Crippen LogP contribution in [-0.4, -0.2) is 28.8 Å². The first-order chi connectivity index (χ1) is 11.2. The summed E-state index contributed by atoms with van der Waals surface area (Å²) in [5.74, 6) is -0.1000. The van der Waals surface area contributed by atoms with Crippen LogP contribution < -0.4 is 5.73 Å². The van der Waals surface area contributed by atoms with Crippen molar-refractivity contribution in [3.63, 3.8) is 0 Å². The van der Waals surface area contributed by atoms with Crippen molar-refractivity contribution >= 4 is 63.7 Å². The number of hydrogen-bond acceptors (Lipinski definition) is 5. The molecule has 8 heteroatoms. The first kappa shape index (κ1) is 19.9. The van der Waals surface area contributed by atoms with Gasteiger partial charge in [-0.15, -0.1) is 0 Å². The van der Waals surface area contributed by atoms with Gasteiger partial charge in [-0.3, -0.25) is 0 Å². The molecule has 4 nitrogen and oxygen atoms in total. The van der Waals surface area contributed by atoms with Gasteiger partial charge in [0.25, 0.3) is 0 Å². The molecule has 3 rings (SSSR count). The average molecular weight is 486 g/mol. The minimum Gasteiger partial charge on any atom is -0.420 e. The molecule has 0 bridgehead atoms. The fraction of sp³-hybridized carbons (Fsp3) is 0.312. The number of benzene rings is 1. The average Bonchev–Trinajstić information content (AvgIpc) is 3.09. The van der Waals surface area contributed by atoms with Crippen LogP contribution in [0, 0.1) is 11.3 Å². The molecule has 1 saturated carbocycles. The van der Waals surface area contributed by atoms with Crippen LogP contribution >= 0.6 is 24.2 Å². The van der Waals surface area contributed by atoms with Crippen LogP contribution in [0.4, 0.5) is 0 Å². The predicted molar refractivity (Wildman–Crippen MR) is 99.2 cm³/mol. The van der Waals surface area contributed by atoms with E-state index >= 15 is 0 Å². The largest absolute Gasteiger partial charge is 0.420 e. The van der Waals surface area contributed by atoms with E-state index in [1.54, 1.807) is 30.3 Å². The van der Waals surface area contributed by atoms with Gasteiger partial charge in [-0.25, -0.2) is 0 Å². The molecule has 1 aliphatic heterocycles. The zero-order chi connectivity index (χ0) is 17.9. The van der Waals surface area contributed by atoms with Crippen molar-refractivity contribution in [1.29, 1.82) is 0 Å². The number of nitrogens with two attached hydrogens (primary N) is 1. The monoisotopic (exact) mass is 485 g/mol. The molecule has 2 N–H and O–H groups in total. The van der Waals surface area contributed by atoms with Gasteiger partial charge in [0.15, 0.2) is 0 Å². The Balaban J connectivity index is 0.000000198. The van der Waals surface area contributed by atoms with Gasteiger partial charge < -0.3 is 8.42 Å². The number of halogens is 1. The van der Waals surface area contributed by atoms with Crippen molar-refractivity contribution < 1.29 is 13.2 Å². The first-order valence-corrected chi connectivity index (χ1v) is 12.5. The molecule has 2 aliphatic rings. The van der Waals surface area contributed by atoms with Crippen LogP contribution in [-0.2, 0) is 23.9 Å². The van der Waals surface area contributed by atoms with E-state index in [2.05, 4.69) is 19.6 Å². The normalized spacial score (nSPS) is 24.8. The molecule has 0 spiro atoms. The number of allylic oxidation sites excluding steroid dienone is 2. The second-order valence-corrected chi connectivity index (χ2v) is 13.6. The second-order valence-electron chi connectivity index (χ2n) is 6.12. The number of carbonyl (C=O) groups excluding carboxylic acids is 1. The Kier molecular flexibility index (Phi) is 6.93. The van der Waals surface area contributed by atoms with Crippen LogP contribution in [0.25, 0.3) is 0 Å². The molecule has 1 aliphatic carbocycles. The summed E-state index contributed by atoms with van der Waals surface area (Å²) in [6.07, 6.45) is 3.85. The zero-order valence-corrected chi connectivity index (χ0v) is 18.8. The molecule has 1 radical (unpaired) electrons. The smallest absolute Gasteiger partial charge is 0.0469 e. The standard InChI is InChI=1S/C10H12ClNOS.C6H5O2S.In/c1-10(6-8(10)9(12)13)4-2-7(14)3-5-11;7-9(8)6-4-2-1-3-5-6;/h3,8,14H,4,6H2,1H3,(H2,12,13);1-5H;/q;-1;. The zero-order valence-electron chi connectivity index (χ0n) is 13.1. The molecular weight excluding hydrogens is 469 g/mol. The number of amides is 1. The molecule has 2 unspecified atom stereocenters. The second kappa shape index (κ2) is 8.34. The molecule has 1 heterocycles. The Labute approximate surface area is 165 Å². The molecular formula is C16H17ClInNO3S2-. The van der Waals surface area contributed by atoms with Gasteiger partial charge in [-0.2, -0.15) is 0 Å². The third-order valence-corrected chi connectivity index (χ3v) is 10.5. The molecule has 1 fully saturated rings. The van der Waals surface area contributed by atoms with E-state index < -0.39 is 33.6 Å². The van der Waals surface area contributed by atoms with Crippen molar-refractivity contribution in [2.24, 2.45) is 17.1 Å². The van der Waals surface area contributed by atoms with E-state index in [0.29, 0.717) is 4.90 Å². The van der Waals surface area contributed by atoms with Gasteiger partial charge in [0.2, 0.25) is 0 Å². The minimum absolute atomic E-state index is 0.0633. The van der Waals surface area contributed by atoms with Crippen LogP contribution in [0.2, 0.25) is 0 Å². The number of hydrogen-bond donors (Lipinski definition) is 2. The quantitative estimate of drug-likeness (QED) is 0.508. The molecule has 127 valence electrons. The molecule has 0 aromatic heterocycles. The predicted octanol–water partition coefficient (Wildman–Crippen LogP) is 3.18. The van der Waals surface area contributed by atoms with Gasteiger partial charge in [0.05, 0.1) is 0 Å². The van der Waals surface area contributed by atoms with Gasteiger partial charge in [0.1, 0.15) is 0 Å². The summed E-state index contributed by atoms with van der Waals surface area (Å²) in [5.41, 5.74) is 5.41. The topological polar surface area (TPSA) is 77.2 Å². The Morgan fingerprint density at radius 1 is 1.42 bits per heavy atom. The third-order valence-electron chi connectivity index (χ3n) is 4.14. The van der Waals surface area contributed by atoms with Gasteiger partial charge in [-0.05, 0) is 10.7 Å². The fourth-order valence-electron chi connectivity index (χ4n) is 2.66. The van der Waals surface area contributed by atoms with Crippen molar-refractivity contribution in [3.8, 4) is 0 Å². The van der Waals surface area contributed by atoms with Crippen molar-refractivity contribution in [2.75, 3.05) is 0 Å². The third kappa shape index (κ3) is 5.31. The minimum atomic E-state index is -2.08. The molecule has 2 atom stereocenters. The van der Waals surface area contributed by atoms with Crippen LogP contribution in [0.3, 0.4) is 0 Å². The van der Waals surface area contributed by atoms with Crippen molar-refractivity contribution in [1.82, 2.24) is 0 Å². The van der Waals surface area contributed by atoms with Gasteiger partial charge >= 0.3 is 112 Å². The van der Waals surface area contributed by atoms with E-state index in [1.807, 2.05) is 6.08 Å². The molecule has 1 aromatic rings. The van der Waals surface area contributed by atoms with Crippen molar-refractivity contribution in [3.05, 3.63) is 47.4 Å². The number of carbonyl (C=O) groups is 1. The summed E-state index contributed by atoms with van der Waals surface area (Å²) >= 11 is 9.49. The summed E-state index contributed by atoms with van der Waals surface area (Å²) in [7, 11) is -2.08. The Hall–Kier alpha value is -0.370. The van der Waals surface area contributed by atoms with Crippen LogP contribution in [0.15, 0.2) is 52.3 Å². The molecule has 1 amide bonds. The maximum atomic E-state index is 11.1. The van der Waals surface area contributed by atoms with Crippen LogP contribution in [0.5, 0.6) is 0 Å². The van der Waals surface area contributed by atoms with E-state index in [9.17, 15) is 13.2 Å². The fourth-order valence-corrected chi connectivity index (χ4v) is 9.11. The van der Waals surface area contributed by atoms with E-state index in [4.69, 9.17) is 17.3 Å². The molecule has 0 saturated heterocycles. The molecule has 1 aromatic carbocycles. The first-order valence-electron chi connectivity index (χ1n) is 7.30. The maximum Gasteiger partial charge on any atom is -0.0469 e. The Bertz CT molecular complexity index is 769. The number of rotatable bonds is 4. The maximum absolute atomic E-state index is 11.1. The van der Waals surface area contributed by atoms with E-state index in [0.717, 1.165) is 20.5 Å². The Morgan fingerprint density at radius 2 is 2.04 bits per heavy atom. The van der Waals surface area contributed by atoms with Gasteiger partial charge in [0, 0.05) is 0 Å². The van der Waals surface area contributed by atoms with E-state index in [-0.39, 0.29) is 17.2 Å². The summed E-state index contributed by atoms with van der Waals surface area (Å²) < 4.78 is 22.8. The van der Waals surface area contributed by atoms with Crippen LogP contribution in [0.1, 0.15) is 19.8 Å². The summed E-state index contributed by atoms with van der Waals surface area (Å²) in [6.45, 7) is 2.13.